The van der Waals surface area contributed by atoms with Gasteiger partial charge in [0.25, 0.3) is 0 Å². The van der Waals surface area contributed by atoms with Gasteiger partial charge in [-0.2, -0.15) is 7.82 Å². The first-order valence-corrected chi connectivity index (χ1v) is 32.1. The first-order chi connectivity index (χ1) is 32.3. The average molecular weight is 991 g/mol. The molecule has 0 radical (unpaired) electrons. The van der Waals surface area contributed by atoms with Gasteiger partial charge in [0.1, 0.15) is 0 Å². The molecule has 0 amide bonds. The monoisotopic (exact) mass is 990 g/mol. The van der Waals surface area contributed by atoms with Crippen LogP contribution in [0.1, 0.15) is 317 Å². The van der Waals surface area contributed by atoms with Gasteiger partial charge in [-0.15, -0.1) is 0 Å². The van der Waals surface area contributed by atoms with Crippen molar-refractivity contribution in [2.75, 3.05) is 58.9 Å². The summed E-state index contributed by atoms with van der Waals surface area (Å²) in [6.45, 7) is 55.8. The summed E-state index contributed by atoms with van der Waals surface area (Å²) in [5.41, 5.74) is 1.61. The van der Waals surface area contributed by atoms with Gasteiger partial charge in [-0.3, -0.25) is 0 Å². The molecule has 0 rings (SSSR count). The summed E-state index contributed by atoms with van der Waals surface area (Å²) in [6.07, 6.45) is 41.1. The number of hydrogen-bond donors (Lipinski definition) is 0. The fraction of sp³-hybridized carbons (Fsp3) is 1.00. The molecular formula is C60H132N3O4P. The number of phosphoric acid groups is 1. The summed E-state index contributed by atoms with van der Waals surface area (Å²) in [5, 5.41) is 0. The molecule has 0 aromatic heterocycles. The van der Waals surface area contributed by atoms with Gasteiger partial charge in [-0.05, 0) is 96.3 Å². The number of nitrogens with zero attached hydrogens (tertiary/aromatic N) is 3. The lowest BCUT2D eigenvalue weighted by atomic mass is 9.81. The third kappa shape index (κ3) is 26.8. The molecule has 0 saturated carbocycles. The maximum absolute atomic E-state index is 8.55. The molecule has 0 unspecified atom stereocenters. The Hall–Kier alpha value is -0.0100. The van der Waals surface area contributed by atoms with Crippen LogP contribution in [-0.2, 0) is 4.57 Å². The van der Waals surface area contributed by atoms with E-state index in [1.54, 1.807) is 0 Å². The van der Waals surface area contributed by atoms with Gasteiger partial charge in [0, 0.05) is 19.3 Å². The predicted octanol–water partition coefficient (Wildman–Crippen LogP) is 16.9. The highest BCUT2D eigenvalue weighted by molar-refractivity contribution is 7.40. The van der Waals surface area contributed by atoms with Gasteiger partial charge in [-0.25, -0.2) is 0 Å². The zero-order valence-corrected chi connectivity index (χ0v) is 51.4. The highest BCUT2D eigenvalue weighted by atomic mass is 31.2. The Balaban J connectivity index is -0.000000429. The first kappa shape index (κ1) is 74.5. The summed E-state index contributed by atoms with van der Waals surface area (Å²) in [5.74, 6) is 0. The lowest BCUT2D eigenvalue weighted by Crippen LogP contribution is -2.65. The molecule has 0 heterocycles. The number of rotatable bonds is 42. The van der Waals surface area contributed by atoms with E-state index in [0.29, 0.717) is 16.6 Å². The van der Waals surface area contributed by atoms with Crippen molar-refractivity contribution in [3.63, 3.8) is 0 Å². The molecule has 0 bridgehead atoms. The van der Waals surface area contributed by atoms with Crippen molar-refractivity contribution >= 4 is 7.82 Å². The molecule has 0 atom stereocenters. The second-order valence-corrected chi connectivity index (χ2v) is 22.5. The molecule has 8 heteroatoms. The zero-order chi connectivity index (χ0) is 53.1. The van der Waals surface area contributed by atoms with E-state index >= 15 is 0 Å². The Morgan fingerprint density at radius 1 is 0.265 bits per heavy atom. The lowest BCUT2D eigenvalue weighted by molar-refractivity contribution is -0.978. The third-order valence-electron chi connectivity index (χ3n) is 17.6. The standard InChI is InChI=1S/3C20H44N.H3O4P/c3*1-7-13-17-21(18-14-8-2,19-15-9-3)20(11-5,12-6)16-10-4;1-5(2,3)4/h3*7-19H2,1-6H3;(H3,1,2,3,4)/q3*+1;/p-3. The summed E-state index contributed by atoms with van der Waals surface area (Å²) < 4.78 is 12.8. The number of quaternary nitrogens is 3. The normalized spacial score (nSPS) is 12.8. The van der Waals surface area contributed by atoms with E-state index in [-0.39, 0.29) is 0 Å². The molecule has 0 saturated heterocycles. The van der Waals surface area contributed by atoms with Crippen LogP contribution in [0.4, 0.5) is 0 Å². The Kier molecular flexibility index (Phi) is 48.7. The average Bonchev–Trinajstić information content (AvgIpc) is 3.34. The predicted molar refractivity (Wildman–Crippen MR) is 301 cm³/mol. The van der Waals surface area contributed by atoms with E-state index in [0.717, 1.165) is 0 Å². The summed E-state index contributed by atoms with van der Waals surface area (Å²) in [4.78, 5) is 25.6. The van der Waals surface area contributed by atoms with Gasteiger partial charge in [0.2, 0.25) is 0 Å². The van der Waals surface area contributed by atoms with Crippen LogP contribution < -0.4 is 14.7 Å². The van der Waals surface area contributed by atoms with Crippen LogP contribution in [0.2, 0.25) is 0 Å². The number of hydrogen-bond acceptors (Lipinski definition) is 4. The quantitative estimate of drug-likeness (QED) is 0.0450. The van der Waals surface area contributed by atoms with Crippen LogP contribution in [0, 0.1) is 0 Å². The molecule has 7 nitrogen and oxygen atoms in total. The maximum Gasteiger partial charge on any atom is 0.0987 e. The maximum atomic E-state index is 8.55. The van der Waals surface area contributed by atoms with E-state index in [4.69, 9.17) is 19.2 Å². The molecule has 0 fully saturated rings. The molecule has 0 N–H and O–H groups in total. The largest absolute Gasteiger partial charge is 0.822 e. The summed E-state index contributed by atoms with van der Waals surface area (Å²) in [7, 11) is -5.39. The highest BCUT2D eigenvalue weighted by Crippen LogP contribution is 2.41. The highest BCUT2D eigenvalue weighted by Gasteiger charge is 2.48. The van der Waals surface area contributed by atoms with E-state index in [1.807, 2.05) is 0 Å². The topological polar surface area (TPSA) is 86.2 Å². The van der Waals surface area contributed by atoms with Crippen LogP contribution in [0.15, 0.2) is 0 Å². The van der Waals surface area contributed by atoms with Gasteiger partial charge in [0.15, 0.2) is 0 Å². The molecule has 0 aromatic carbocycles. The first-order valence-electron chi connectivity index (χ1n) is 30.7. The SMILES string of the molecule is CCCC[N+](CCCC)(CCCC)C(CC)(CC)CCC.CCCC[N+](CCCC)(CCCC)C(CC)(CC)CCC.CCCC[N+](CCCC)(CCCC)C(CC)(CC)CCC.O=P([O-])([O-])[O-]. The van der Waals surface area contributed by atoms with Crippen molar-refractivity contribution in [1.82, 2.24) is 0 Å². The molecule has 0 aliphatic rings. The van der Waals surface area contributed by atoms with Crippen LogP contribution in [-0.4, -0.2) is 89.0 Å². The Labute approximate surface area is 431 Å². The summed E-state index contributed by atoms with van der Waals surface area (Å²) in [6, 6.07) is 0. The van der Waals surface area contributed by atoms with Crippen molar-refractivity contribution in [2.24, 2.45) is 0 Å². The Morgan fingerprint density at radius 2 is 0.382 bits per heavy atom. The fourth-order valence-corrected chi connectivity index (χ4v) is 13.2. The van der Waals surface area contributed by atoms with Gasteiger partial charge in [0.05, 0.1) is 75.5 Å². The summed E-state index contributed by atoms with van der Waals surface area (Å²) >= 11 is 0. The fourth-order valence-electron chi connectivity index (χ4n) is 13.2. The molecule has 0 spiro atoms. The van der Waals surface area contributed by atoms with Crippen molar-refractivity contribution in [2.45, 2.75) is 334 Å². The second kappa shape index (κ2) is 44.5. The van der Waals surface area contributed by atoms with Gasteiger partial charge in [-0.1, -0.05) is 202 Å². The van der Waals surface area contributed by atoms with E-state index in [1.165, 1.54) is 265 Å². The van der Waals surface area contributed by atoms with Crippen LogP contribution in [0.3, 0.4) is 0 Å². The molecule has 0 aliphatic carbocycles. The lowest BCUT2D eigenvalue weighted by Gasteiger charge is -2.54. The van der Waals surface area contributed by atoms with Crippen molar-refractivity contribution in [1.29, 1.82) is 0 Å². The third-order valence-corrected chi connectivity index (χ3v) is 17.6. The molecule has 0 aliphatic heterocycles. The smallest absolute Gasteiger partial charge is 0.0987 e. The molecule has 0 aromatic rings. The molecule has 68 heavy (non-hydrogen) atoms. The van der Waals surface area contributed by atoms with Crippen molar-refractivity contribution in [3.05, 3.63) is 0 Å². The van der Waals surface area contributed by atoms with Crippen molar-refractivity contribution < 1.29 is 32.7 Å². The van der Waals surface area contributed by atoms with Crippen LogP contribution >= 0.6 is 7.82 Å². The van der Waals surface area contributed by atoms with Crippen molar-refractivity contribution in [3.8, 4) is 0 Å². The molecule has 416 valence electrons. The van der Waals surface area contributed by atoms with Gasteiger partial charge < -0.3 is 32.7 Å². The van der Waals surface area contributed by atoms with Crippen LogP contribution in [0.25, 0.3) is 0 Å². The van der Waals surface area contributed by atoms with Crippen LogP contribution in [0.5, 0.6) is 0 Å². The second-order valence-electron chi connectivity index (χ2n) is 21.6. The van der Waals surface area contributed by atoms with E-state index in [2.05, 4.69) is 125 Å². The number of unbranched alkanes of at least 4 members (excludes halogenated alkanes) is 9. The molecular weight excluding hydrogens is 858 g/mol. The minimum Gasteiger partial charge on any atom is -0.822 e. The van der Waals surface area contributed by atoms with E-state index in [9.17, 15) is 0 Å². The minimum absolute atomic E-state index is 0.536. The zero-order valence-electron chi connectivity index (χ0n) is 50.5. The van der Waals surface area contributed by atoms with Gasteiger partial charge >= 0.3 is 0 Å². The Morgan fingerprint density at radius 3 is 0.456 bits per heavy atom. The minimum atomic E-state index is -5.39. The van der Waals surface area contributed by atoms with E-state index < -0.39 is 7.82 Å². The Bertz CT molecular complexity index is 908.